The zero-order chi connectivity index (χ0) is 27.4. The van der Waals surface area contributed by atoms with Crippen molar-refractivity contribution >= 4 is 51.7 Å². The lowest BCUT2D eigenvalue weighted by Crippen LogP contribution is -2.17. The van der Waals surface area contributed by atoms with E-state index in [9.17, 15) is 19.7 Å². The van der Waals surface area contributed by atoms with E-state index in [0.717, 1.165) is 5.56 Å². The molecule has 0 radical (unpaired) electrons. The van der Waals surface area contributed by atoms with Crippen molar-refractivity contribution in [3.05, 3.63) is 112 Å². The summed E-state index contributed by atoms with van der Waals surface area (Å²) in [7, 11) is 0. The highest BCUT2D eigenvalue weighted by molar-refractivity contribution is 6.13. The normalized spacial score (nSPS) is 11.2. The fourth-order valence-electron chi connectivity index (χ4n) is 4.22. The number of carbonyl (C=O) groups excluding carboxylic acids is 2. The number of nitro groups is 1. The van der Waals surface area contributed by atoms with E-state index in [1.165, 1.54) is 30.4 Å². The fraction of sp³-hybridized carbons (Fsp3) is 0.103. The lowest BCUT2D eigenvalue weighted by Gasteiger charge is -2.12. The highest BCUT2D eigenvalue weighted by Gasteiger charge is 2.27. The number of hydrogen-bond acceptors (Lipinski definition) is 7. The number of nitrogens with zero attached hydrogens (tertiary/aromatic N) is 4. The van der Waals surface area contributed by atoms with Crippen LogP contribution in [0.5, 0.6) is 0 Å². The summed E-state index contributed by atoms with van der Waals surface area (Å²) in [5.74, 6) is -0.998. The van der Waals surface area contributed by atoms with Crippen molar-refractivity contribution in [3.8, 4) is 0 Å². The van der Waals surface area contributed by atoms with Gasteiger partial charge in [-0.1, -0.05) is 54.6 Å². The van der Waals surface area contributed by atoms with Crippen molar-refractivity contribution in [3.63, 3.8) is 0 Å². The number of para-hydroxylation sites is 2. The molecule has 5 aromatic rings. The molecule has 3 aromatic carbocycles. The van der Waals surface area contributed by atoms with E-state index in [1.807, 2.05) is 48.5 Å². The lowest BCUT2D eigenvalue weighted by molar-refractivity contribution is -0.384. The Hall–Kier alpha value is -5.38. The van der Waals surface area contributed by atoms with Crippen molar-refractivity contribution < 1.29 is 19.2 Å². The van der Waals surface area contributed by atoms with E-state index in [2.05, 4.69) is 5.32 Å². The Morgan fingerprint density at radius 1 is 1.00 bits per heavy atom. The second-order valence-corrected chi connectivity index (χ2v) is 8.58. The third-order valence-electron chi connectivity index (χ3n) is 5.96. The summed E-state index contributed by atoms with van der Waals surface area (Å²) in [4.78, 5) is 46.4. The molecule has 0 saturated carbocycles. The van der Waals surface area contributed by atoms with Crippen LogP contribution in [0.2, 0.25) is 0 Å². The van der Waals surface area contributed by atoms with Crippen LogP contribution in [0, 0.1) is 10.1 Å². The van der Waals surface area contributed by atoms with Crippen molar-refractivity contribution in [1.29, 1.82) is 0 Å². The second kappa shape index (κ2) is 10.9. The molecule has 0 fully saturated rings. The first kappa shape index (κ1) is 25.3. The van der Waals surface area contributed by atoms with Crippen molar-refractivity contribution in [2.45, 2.75) is 13.5 Å². The van der Waals surface area contributed by atoms with Gasteiger partial charge in [-0.2, -0.15) is 0 Å². The van der Waals surface area contributed by atoms with Gasteiger partial charge in [-0.3, -0.25) is 14.9 Å². The van der Waals surface area contributed by atoms with Gasteiger partial charge in [-0.05, 0) is 36.3 Å². The van der Waals surface area contributed by atoms with Gasteiger partial charge >= 0.3 is 5.97 Å². The van der Waals surface area contributed by atoms with Gasteiger partial charge in [-0.15, -0.1) is 0 Å². The molecule has 0 saturated heterocycles. The maximum atomic E-state index is 13.2. The van der Waals surface area contributed by atoms with Gasteiger partial charge in [0.15, 0.2) is 5.65 Å². The first-order chi connectivity index (χ1) is 18.9. The number of non-ortho nitro benzene ring substituents is 1. The molecule has 1 amide bonds. The van der Waals surface area contributed by atoms with E-state index >= 15 is 0 Å². The molecule has 0 aliphatic rings. The van der Waals surface area contributed by atoms with Crippen LogP contribution in [-0.2, 0) is 16.1 Å². The molecule has 10 heteroatoms. The zero-order valence-corrected chi connectivity index (χ0v) is 20.9. The molecule has 2 heterocycles. The number of benzene rings is 3. The monoisotopic (exact) mass is 521 g/mol. The molecule has 1 N–H and O–H groups in total. The Bertz CT molecular complexity index is 1740. The Morgan fingerprint density at radius 2 is 1.72 bits per heavy atom. The predicted octanol–water partition coefficient (Wildman–Crippen LogP) is 5.37. The smallest absolute Gasteiger partial charge is 0.344 e. The number of fused-ring (bicyclic) bond motifs is 2. The van der Waals surface area contributed by atoms with Gasteiger partial charge in [0.25, 0.3) is 5.69 Å². The third-order valence-corrected chi connectivity index (χ3v) is 5.96. The summed E-state index contributed by atoms with van der Waals surface area (Å²) >= 11 is 0. The summed E-state index contributed by atoms with van der Waals surface area (Å²) in [5, 5.41) is 13.9. The average Bonchev–Trinajstić information content (AvgIpc) is 3.23. The molecule has 2 aromatic heterocycles. The Morgan fingerprint density at radius 3 is 2.44 bits per heavy atom. The van der Waals surface area contributed by atoms with E-state index in [0.29, 0.717) is 34.3 Å². The molecule has 0 aliphatic heterocycles. The van der Waals surface area contributed by atoms with E-state index < -0.39 is 16.8 Å². The number of nitrogens with one attached hydrogen (secondary N) is 1. The average molecular weight is 522 g/mol. The number of ether oxygens (including phenoxy) is 1. The van der Waals surface area contributed by atoms with E-state index in [4.69, 9.17) is 14.7 Å². The fourth-order valence-corrected chi connectivity index (χ4v) is 4.22. The number of nitro benzene ring substituents is 1. The number of rotatable bonds is 8. The maximum Gasteiger partial charge on any atom is 0.344 e. The molecule has 10 nitrogen and oxygen atoms in total. The number of amides is 1. The lowest BCUT2D eigenvalue weighted by atomic mass is 10.2. The van der Waals surface area contributed by atoms with Gasteiger partial charge in [0.05, 0.1) is 29.1 Å². The standard InChI is InChI=1S/C29H23N5O5/c1-2-39-29(36)25-26-28(31-23-14-7-6-13-22(23)30-26)33(18-20-9-4-3-5-10-20)27(25)32-24(35)16-15-19-11-8-12-21(17-19)34(37)38/h3-17H,2,18H2,1H3,(H,32,35)/b16-15+. The third kappa shape index (κ3) is 5.35. The Labute approximate surface area is 222 Å². The summed E-state index contributed by atoms with van der Waals surface area (Å²) in [6, 6.07) is 22.8. The number of anilines is 1. The van der Waals surface area contributed by atoms with Crippen molar-refractivity contribution in [2.24, 2.45) is 0 Å². The van der Waals surface area contributed by atoms with E-state index in [-0.39, 0.29) is 23.7 Å². The second-order valence-electron chi connectivity index (χ2n) is 8.58. The van der Waals surface area contributed by atoms with Gasteiger partial charge in [-0.25, -0.2) is 14.8 Å². The number of hydrogen-bond donors (Lipinski definition) is 1. The van der Waals surface area contributed by atoms with Crippen LogP contribution in [-0.4, -0.2) is 37.9 Å². The molecule has 0 aliphatic carbocycles. The number of aromatic nitrogens is 3. The topological polar surface area (TPSA) is 129 Å². The Balaban J connectivity index is 1.63. The van der Waals surface area contributed by atoms with Crippen molar-refractivity contribution in [2.75, 3.05) is 11.9 Å². The molecular formula is C29H23N5O5. The number of esters is 1. The van der Waals surface area contributed by atoms with E-state index in [1.54, 1.807) is 23.6 Å². The quantitative estimate of drug-likeness (QED) is 0.126. The minimum Gasteiger partial charge on any atom is -0.462 e. The molecule has 0 bridgehead atoms. The predicted molar refractivity (Wildman–Crippen MR) is 147 cm³/mol. The van der Waals surface area contributed by atoms with Crippen LogP contribution in [0.1, 0.15) is 28.4 Å². The Kier molecular flexibility index (Phi) is 7.09. The van der Waals surface area contributed by atoms with Crippen LogP contribution in [0.25, 0.3) is 28.3 Å². The minimum absolute atomic E-state index is 0.0886. The van der Waals surface area contributed by atoms with Gasteiger partial charge in [0.2, 0.25) is 5.91 Å². The highest BCUT2D eigenvalue weighted by atomic mass is 16.6. The zero-order valence-electron chi connectivity index (χ0n) is 20.9. The molecule has 39 heavy (non-hydrogen) atoms. The largest absolute Gasteiger partial charge is 0.462 e. The molecule has 5 rings (SSSR count). The van der Waals surface area contributed by atoms with Crippen LogP contribution in [0.3, 0.4) is 0 Å². The molecule has 0 unspecified atom stereocenters. The van der Waals surface area contributed by atoms with Gasteiger partial charge in [0.1, 0.15) is 16.9 Å². The van der Waals surface area contributed by atoms with Crippen LogP contribution in [0.15, 0.2) is 84.9 Å². The summed E-state index contributed by atoms with van der Waals surface area (Å²) in [6.45, 7) is 2.13. The minimum atomic E-state index is -0.642. The summed E-state index contributed by atoms with van der Waals surface area (Å²) in [5.41, 5.74) is 3.35. The molecule has 194 valence electrons. The first-order valence-electron chi connectivity index (χ1n) is 12.2. The number of carbonyl (C=O) groups is 2. The molecule has 0 atom stereocenters. The maximum absolute atomic E-state index is 13.2. The highest BCUT2D eigenvalue weighted by Crippen LogP contribution is 2.31. The van der Waals surface area contributed by atoms with Crippen LogP contribution >= 0.6 is 0 Å². The van der Waals surface area contributed by atoms with Crippen LogP contribution in [0.4, 0.5) is 11.5 Å². The molecular weight excluding hydrogens is 498 g/mol. The van der Waals surface area contributed by atoms with Gasteiger partial charge < -0.3 is 14.6 Å². The van der Waals surface area contributed by atoms with Crippen LogP contribution < -0.4 is 5.32 Å². The van der Waals surface area contributed by atoms with Crippen molar-refractivity contribution in [1.82, 2.24) is 14.5 Å². The van der Waals surface area contributed by atoms with Gasteiger partial charge in [0, 0.05) is 18.2 Å². The SMILES string of the molecule is CCOC(=O)c1c(NC(=O)/C=C/c2cccc([N+](=O)[O-])c2)n(Cc2ccccc2)c2nc3ccccc3nc12. The summed E-state index contributed by atoms with van der Waals surface area (Å²) < 4.78 is 7.08. The summed E-state index contributed by atoms with van der Waals surface area (Å²) in [6.07, 6.45) is 2.71. The molecule has 0 spiro atoms. The first-order valence-corrected chi connectivity index (χ1v) is 12.2.